The maximum atomic E-state index is 6.75. The molecule has 0 saturated carbocycles. The Balaban J connectivity index is 1.10. The lowest BCUT2D eigenvalue weighted by Crippen LogP contribution is -2.29. The molecule has 3 heterocycles. The van der Waals surface area contributed by atoms with Crippen molar-refractivity contribution in [2.24, 2.45) is 0 Å². The molecule has 0 aliphatic heterocycles. The van der Waals surface area contributed by atoms with Crippen molar-refractivity contribution in [1.29, 1.82) is 0 Å². The molecular weight excluding hydrogens is 693 g/mol. The van der Waals surface area contributed by atoms with Crippen molar-refractivity contribution in [2.45, 2.75) is 12.3 Å². The lowest BCUT2D eigenvalue weighted by Gasteiger charge is -2.34. The number of anilines is 1. The van der Waals surface area contributed by atoms with E-state index in [2.05, 4.69) is 190 Å². The highest BCUT2D eigenvalue weighted by Crippen LogP contribution is 2.59. The third-order valence-corrected chi connectivity index (χ3v) is 12.0. The van der Waals surface area contributed by atoms with Gasteiger partial charge in [0.2, 0.25) is 0 Å². The molecule has 0 amide bonds. The molecule has 0 saturated heterocycles. The summed E-state index contributed by atoms with van der Waals surface area (Å²) in [7, 11) is 0. The van der Waals surface area contributed by atoms with Gasteiger partial charge in [0.15, 0.2) is 0 Å². The van der Waals surface area contributed by atoms with E-state index < -0.39 is 5.41 Å². The van der Waals surface area contributed by atoms with E-state index in [1.807, 2.05) is 31.5 Å². The van der Waals surface area contributed by atoms with Crippen LogP contribution in [-0.4, -0.2) is 14.1 Å². The van der Waals surface area contributed by atoms with Crippen LogP contribution in [0.15, 0.2) is 194 Å². The van der Waals surface area contributed by atoms with Crippen molar-refractivity contribution in [2.75, 3.05) is 5.73 Å². The lowest BCUT2D eigenvalue weighted by molar-refractivity contribution is 0.772. The van der Waals surface area contributed by atoms with E-state index in [9.17, 15) is 0 Å². The van der Waals surface area contributed by atoms with Crippen LogP contribution >= 0.6 is 0 Å². The maximum Gasteiger partial charge on any atom is 0.116 e. The van der Waals surface area contributed by atoms with Gasteiger partial charge in [0.1, 0.15) is 5.82 Å². The van der Waals surface area contributed by atoms with Gasteiger partial charge >= 0.3 is 0 Å². The molecule has 57 heavy (non-hydrogen) atoms. The number of hydrogen-bond acceptors (Lipinski definition) is 2. The minimum atomic E-state index is -0.528. The largest absolute Gasteiger partial charge is 0.384 e. The van der Waals surface area contributed by atoms with Gasteiger partial charge in [0.05, 0.1) is 28.2 Å². The molecule has 4 heteroatoms. The molecule has 7 aromatic carbocycles. The van der Waals surface area contributed by atoms with Crippen LogP contribution in [0.4, 0.5) is 5.82 Å². The Morgan fingerprint density at radius 3 is 1.82 bits per heavy atom. The molecule has 0 unspecified atom stereocenters. The second-order valence-corrected chi connectivity index (χ2v) is 14.9. The molecule has 0 fully saturated rings. The fraction of sp³-hybridized carbons (Fsp3) is 0.0377. The second kappa shape index (κ2) is 12.8. The van der Waals surface area contributed by atoms with Gasteiger partial charge < -0.3 is 10.3 Å². The van der Waals surface area contributed by atoms with Gasteiger partial charge in [-0.15, -0.1) is 0 Å². The highest BCUT2D eigenvalue weighted by molar-refractivity contribution is 6.14. The number of pyridine rings is 1. The van der Waals surface area contributed by atoms with E-state index in [0.717, 1.165) is 39.0 Å². The first-order valence-corrected chi connectivity index (χ1v) is 19.5. The highest BCUT2D eigenvalue weighted by Gasteiger charge is 2.48. The lowest BCUT2D eigenvalue weighted by atomic mass is 9.67. The molecule has 270 valence electrons. The van der Waals surface area contributed by atoms with Gasteiger partial charge in [-0.05, 0) is 82.3 Å². The van der Waals surface area contributed by atoms with Crippen molar-refractivity contribution in [3.8, 4) is 33.6 Å². The maximum absolute atomic E-state index is 6.75. The monoisotopic (exact) mass is 730 g/mol. The summed E-state index contributed by atoms with van der Waals surface area (Å²) in [6, 6.07) is 64.4. The summed E-state index contributed by atoms with van der Waals surface area (Å²) < 4.78 is 4.59. The molecule has 2 N–H and O–H groups in total. The van der Waals surface area contributed by atoms with Gasteiger partial charge in [-0.2, -0.15) is 0 Å². The minimum Gasteiger partial charge on any atom is -0.384 e. The molecular formula is C53H38N4. The summed E-state index contributed by atoms with van der Waals surface area (Å²) in [6.07, 6.45) is 7.80. The molecule has 0 radical (unpaired) electrons. The van der Waals surface area contributed by atoms with Crippen molar-refractivity contribution >= 4 is 44.6 Å². The van der Waals surface area contributed by atoms with Gasteiger partial charge in [-0.3, -0.25) is 9.55 Å². The van der Waals surface area contributed by atoms with E-state index in [4.69, 9.17) is 5.73 Å². The molecule has 3 aromatic heterocycles. The van der Waals surface area contributed by atoms with Crippen molar-refractivity contribution in [3.05, 3.63) is 222 Å². The summed E-state index contributed by atoms with van der Waals surface area (Å²) >= 11 is 0. The summed E-state index contributed by atoms with van der Waals surface area (Å²) in [4.78, 5) is 4.41. The third-order valence-electron chi connectivity index (χ3n) is 12.0. The summed E-state index contributed by atoms with van der Waals surface area (Å²) in [6.45, 7) is 2.01. The van der Waals surface area contributed by atoms with Gasteiger partial charge in [-0.1, -0.05) is 152 Å². The van der Waals surface area contributed by atoms with Crippen molar-refractivity contribution in [3.63, 3.8) is 0 Å². The van der Waals surface area contributed by atoms with Crippen LogP contribution in [-0.2, 0) is 5.41 Å². The van der Waals surface area contributed by atoms with E-state index in [-0.39, 0.29) is 0 Å². The number of nitrogens with two attached hydrogens (primary N) is 1. The van der Waals surface area contributed by atoms with Crippen LogP contribution in [0.3, 0.4) is 0 Å². The number of nitrogens with zero attached hydrogens (tertiary/aromatic N) is 3. The first-order chi connectivity index (χ1) is 28.2. The van der Waals surface area contributed by atoms with Crippen molar-refractivity contribution < 1.29 is 0 Å². The quantitative estimate of drug-likeness (QED) is 0.185. The number of allylic oxidation sites excluding steroid dienone is 1. The fourth-order valence-corrected chi connectivity index (χ4v) is 9.66. The van der Waals surface area contributed by atoms with E-state index in [1.165, 1.54) is 55.2 Å². The van der Waals surface area contributed by atoms with E-state index >= 15 is 0 Å². The van der Waals surface area contributed by atoms with Crippen LogP contribution in [0.5, 0.6) is 0 Å². The molecule has 0 bridgehead atoms. The Kier molecular flexibility index (Phi) is 7.42. The fourth-order valence-electron chi connectivity index (χ4n) is 9.66. The predicted octanol–water partition coefficient (Wildman–Crippen LogP) is 12.8. The number of benzene rings is 7. The number of fused-ring (bicyclic) bond motifs is 8. The molecule has 4 nitrogen and oxygen atoms in total. The minimum absolute atomic E-state index is 0.528. The molecule has 1 aliphatic rings. The topological polar surface area (TPSA) is 48.8 Å². The molecule has 11 rings (SSSR count). The number of aromatic nitrogens is 3. The normalized spacial score (nSPS) is 13.1. The predicted molar refractivity (Wildman–Crippen MR) is 237 cm³/mol. The summed E-state index contributed by atoms with van der Waals surface area (Å²) in [5, 5.41) is 3.58. The first kappa shape index (κ1) is 33.0. The zero-order chi connectivity index (χ0) is 38.1. The average molecular weight is 731 g/mol. The SMILES string of the molecule is C/C=C\c1c(N)n(-c2ccc(-c3ccc(-n4c5ccccc5c5ccc6c(c54)C(c4ccccc4)(c4ccccc4)c4ccccc4-6)cc3)cc2)c2cnccc12. The first-order valence-electron chi connectivity index (χ1n) is 19.5. The van der Waals surface area contributed by atoms with Gasteiger partial charge in [-0.25, -0.2) is 0 Å². The van der Waals surface area contributed by atoms with E-state index in [0.29, 0.717) is 5.82 Å². The van der Waals surface area contributed by atoms with Gasteiger partial charge in [0.25, 0.3) is 0 Å². The second-order valence-electron chi connectivity index (χ2n) is 14.9. The zero-order valence-electron chi connectivity index (χ0n) is 31.5. The third kappa shape index (κ3) is 4.71. The van der Waals surface area contributed by atoms with Crippen LogP contribution in [0, 0.1) is 0 Å². The summed E-state index contributed by atoms with van der Waals surface area (Å²) in [5.41, 5.74) is 22.8. The molecule has 0 spiro atoms. The Morgan fingerprint density at radius 2 is 1.14 bits per heavy atom. The molecule has 10 aromatic rings. The Hall–Kier alpha value is -7.43. The smallest absolute Gasteiger partial charge is 0.116 e. The Labute approximate surface area is 331 Å². The Morgan fingerprint density at radius 1 is 0.526 bits per heavy atom. The zero-order valence-corrected chi connectivity index (χ0v) is 31.5. The van der Waals surface area contributed by atoms with Crippen LogP contribution in [0.25, 0.3) is 72.4 Å². The molecule has 0 atom stereocenters. The van der Waals surface area contributed by atoms with Crippen LogP contribution < -0.4 is 5.73 Å². The van der Waals surface area contributed by atoms with E-state index in [1.54, 1.807) is 0 Å². The number of rotatable bonds is 6. The van der Waals surface area contributed by atoms with Gasteiger partial charge in [0, 0.05) is 44.9 Å². The Bertz CT molecular complexity index is 3130. The van der Waals surface area contributed by atoms with Crippen LogP contribution in [0.2, 0.25) is 0 Å². The highest BCUT2D eigenvalue weighted by atomic mass is 15.1. The number of para-hydroxylation sites is 1. The number of hydrogen-bond donors (Lipinski definition) is 1. The average Bonchev–Trinajstić information content (AvgIpc) is 3.88. The standard InChI is InChI=1S/C53H38N4/c1-2-13-46-43-32-33-55-34-49(43)57(52(46)54)40-28-24-36(25-29-40)35-22-26-39(27-23-35)56-48-21-12-10-19-42(48)45-31-30-44-41-18-9-11-20-47(41)53(50(44)51(45)56,37-14-5-3-6-15-37)38-16-7-4-8-17-38/h2-34H,54H2,1H3/b13-2-. The van der Waals surface area contributed by atoms with Crippen LogP contribution in [0.1, 0.15) is 34.7 Å². The molecule has 1 aliphatic carbocycles. The number of nitrogen functional groups attached to an aromatic ring is 1. The van der Waals surface area contributed by atoms with Crippen molar-refractivity contribution in [1.82, 2.24) is 14.1 Å². The summed E-state index contributed by atoms with van der Waals surface area (Å²) in [5.74, 6) is 0.706.